The molecule has 0 aromatic heterocycles. The highest BCUT2D eigenvalue weighted by Gasteiger charge is 2.34. The predicted octanol–water partition coefficient (Wildman–Crippen LogP) is 0.536. The van der Waals surface area contributed by atoms with E-state index in [0.717, 1.165) is 0 Å². The highest BCUT2D eigenvalue weighted by Crippen LogP contribution is 2.16. The van der Waals surface area contributed by atoms with Crippen molar-refractivity contribution in [2.24, 2.45) is 10.1 Å². The van der Waals surface area contributed by atoms with E-state index in [9.17, 15) is 13.2 Å². The zero-order valence-corrected chi connectivity index (χ0v) is 4.81. The summed E-state index contributed by atoms with van der Waals surface area (Å²) >= 11 is 0. The Morgan fingerprint density at radius 3 is 2.50 bits per heavy atom. The standard InChI is InChI=1S/C4H4F3N3/c5-4(6,7)3-1-9-10-2-8-3/h1,10H,2H2. The minimum absolute atomic E-state index is 0.106. The van der Waals surface area contributed by atoms with Gasteiger partial charge in [-0.1, -0.05) is 0 Å². The number of hydrogen-bond acceptors (Lipinski definition) is 3. The van der Waals surface area contributed by atoms with Gasteiger partial charge in [0.05, 0.1) is 6.21 Å². The van der Waals surface area contributed by atoms with Crippen LogP contribution in [0.15, 0.2) is 10.1 Å². The summed E-state index contributed by atoms with van der Waals surface area (Å²) in [6, 6.07) is 0. The number of aliphatic imine (C=N–C) groups is 1. The first kappa shape index (κ1) is 7.04. The van der Waals surface area contributed by atoms with Crippen LogP contribution in [0.3, 0.4) is 0 Å². The Morgan fingerprint density at radius 1 is 1.50 bits per heavy atom. The van der Waals surface area contributed by atoms with Crippen LogP contribution in [0.4, 0.5) is 13.2 Å². The van der Waals surface area contributed by atoms with E-state index in [1.54, 1.807) is 0 Å². The third kappa shape index (κ3) is 1.46. The van der Waals surface area contributed by atoms with Gasteiger partial charge in [0, 0.05) is 0 Å². The van der Waals surface area contributed by atoms with Gasteiger partial charge in [0.1, 0.15) is 6.67 Å². The van der Waals surface area contributed by atoms with E-state index >= 15 is 0 Å². The van der Waals surface area contributed by atoms with Crippen LogP contribution in [0.1, 0.15) is 0 Å². The summed E-state index contributed by atoms with van der Waals surface area (Å²) in [6.45, 7) is -0.106. The molecule has 6 heteroatoms. The van der Waals surface area contributed by atoms with E-state index < -0.39 is 11.9 Å². The number of nitrogens with zero attached hydrogens (tertiary/aromatic N) is 2. The summed E-state index contributed by atoms with van der Waals surface area (Å²) in [5.74, 6) is 0. The van der Waals surface area contributed by atoms with Crippen LogP contribution < -0.4 is 5.43 Å². The first-order valence-electron chi connectivity index (χ1n) is 2.48. The van der Waals surface area contributed by atoms with Crippen LogP contribution in [0, 0.1) is 0 Å². The molecule has 0 radical (unpaired) electrons. The van der Waals surface area contributed by atoms with Crippen molar-refractivity contribution in [2.45, 2.75) is 6.18 Å². The molecule has 0 unspecified atom stereocenters. The number of hydrogen-bond donors (Lipinski definition) is 1. The van der Waals surface area contributed by atoms with Gasteiger partial charge in [-0.3, -0.25) is 10.4 Å². The van der Waals surface area contributed by atoms with Crippen molar-refractivity contribution < 1.29 is 13.2 Å². The van der Waals surface area contributed by atoms with Gasteiger partial charge in [0.25, 0.3) is 0 Å². The largest absolute Gasteiger partial charge is 0.434 e. The first-order valence-corrected chi connectivity index (χ1v) is 2.48. The van der Waals surface area contributed by atoms with E-state index in [4.69, 9.17) is 0 Å². The molecule has 0 saturated heterocycles. The fourth-order valence-corrected chi connectivity index (χ4v) is 0.472. The fraction of sp³-hybridized carbons (Fsp3) is 0.500. The molecule has 1 heterocycles. The summed E-state index contributed by atoms with van der Waals surface area (Å²) in [5, 5.41) is 3.20. The van der Waals surface area contributed by atoms with Crippen LogP contribution in [-0.2, 0) is 0 Å². The van der Waals surface area contributed by atoms with Gasteiger partial charge < -0.3 is 0 Å². The predicted molar refractivity (Wildman–Crippen MR) is 30.0 cm³/mol. The number of alkyl halides is 3. The van der Waals surface area contributed by atoms with E-state index in [1.165, 1.54) is 0 Å². The molecular weight excluding hydrogens is 147 g/mol. The van der Waals surface area contributed by atoms with Gasteiger partial charge in [0.2, 0.25) is 0 Å². The molecule has 3 nitrogen and oxygen atoms in total. The number of halogens is 3. The van der Waals surface area contributed by atoms with Gasteiger partial charge in [-0.2, -0.15) is 18.3 Å². The van der Waals surface area contributed by atoms with Crippen molar-refractivity contribution in [1.82, 2.24) is 5.43 Å². The number of nitrogens with one attached hydrogen (secondary N) is 1. The average molecular weight is 151 g/mol. The van der Waals surface area contributed by atoms with Crippen molar-refractivity contribution in [2.75, 3.05) is 6.67 Å². The van der Waals surface area contributed by atoms with Crippen LogP contribution in [0.5, 0.6) is 0 Å². The maximum absolute atomic E-state index is 11.7. The zero-order valence-electron chi connectivity index (χ0n) is 4.81. The second-order valence-corrected chi connectivity index (χ2v) is 1.62. The SMILES string of the molecule is FC(F)(F)C1=NCNN=C1. The fourth-order valence-electron chi connectivity index (χ4n) is 0.472. The lowest BCUT2D eigenvalue weighted by Crippen LogP contribution is -2.29. The Hall–Kier alpha value is -1.07. The van der Waals surface area contributed by atoms with E-state index in [0.29, 0.717) is 6.21 Å². The van der Waals surface area contributed by atoms with Gasteiger partial charge in [-0.05, 0) is 0 Å². The Labute approximate surface area is 54.6 Å². The van der Waals surface area contributed by atoms with Gasteiger partial charge in [0.15, 0.2) is 5.71 Å². The molecule has 0 aliphatic carbocycles. The minimum Gasteiger partial charge on any atom is -0.289 e. The van der Waals surface area contributed by atoms with Crippen molar-refractivity contribution in [3.8, 4) is 0 Å². The molecule has 1 aliphatic rings. The Balaban J connectivity index is 2.73. The molecule has 0 fully saturated rings. The summed E-state index contributed by atoms with van der Waals surface area (Å²) in [6.07, 6.45) is -3.71. The van der Waals surface area contributed by atoms with Crippen molar-refractivity contribution >= 4 is 11.9 Å². The summed E-state index contributed by atoms with van der Waals surface area (Å²) in [7, 11) is 0. The Kier molecular flexibility index (Phi) is 1.60. The molecule has 1 rings (SSSR count). The second-order valence-electron chi connectivity index (χ2n) is 1.62. The summed E-state index contributed by atoms with van der Waals surface area (Å²) < 4.78 is 35.1. The second kappa shape index (κ2) is 2.28. The van der Waals surface area contributed by atoms with Crippen LogP contribution in [0.2, 0.25) is 0 Å². The van der Waals surface area contributed by atoms with Crippen LogP contribution in [0.25, 0.3) is 0 Å². The molecule has 10 heavy (non-hydrogen) atoms. The molecule has 56 valence electrons. The molecular formula is C4H4F3N3. The van der Waals surface area contributed by atoms with Gasteiger partial charge in [-0.25, -0.2) is 0 Å². The van der Waals surface area contributed by atoms with E-state index in [1.807, 2.05) is 0 Å². The lowest BCUT2D eigenvalue weighted by molar-refractivity contribution is -0.0567. The lowest BCUT2D eigenvalue weighted by atomic mass is 10.4. The number of rotatable bonds is 0. The quantitative estimate of drug-likeness (QED) is 0.538. The average Bonchev–Trinajstić information content (AvgIpc) is 1.88. The maximum Gasteiger partial charge on any atom is 0.434 e. The van der Waals surface area contributed by atoms with Gasteiger partial charge >= 0.3 is 6.18 Å². The highest BCUT2D eigenvalue weighted by molar-refractivity contribution is 6.33. The monoisotopic (exact) mass is 151 g/mol. The van der Waals surface area contributed by atoms with Crippen molar-refractivity contribution in [3.05, 3.63) is 0 Å². The van der Waals surface area contributed by atoms with E-state index in [-0.39, 0.29) is 6.67 Å². The molecule has 0 aromatic carbocycles. The normalized spacial score (nSPS) is 18.1. The first-order chi connectivity index (χ1) is 4.61. The highest BCUT2D eigenvalue weighted by atomic mass is 19.4. The molecule has 0 bridgehead atoms. The maximum atomic E-state index is 11.7. The zero-order chi connectivity index (χ0) is 7.61. The summed E-state index contributed by atoms with van der Waals surface area (Å²) in [5.41, 5.74) is 1.33. The summed E-state index contributed by atoms with van der Waals surface area (Å²) in [4.78, 5) is 3.13. The molecule has 0 saturated carbocycles. The molecule has 0 spiro atoms. The molecule has 0 aromatic rings. The van der Waals surface area contributed by atoms with Gasteiger partial charge in [-0.15, -0.1) is 0 Å². The van der Waals surface area contributed by atoms with Crippen LogP contribution in [-0.4, -0.2) is 24.8 Å². The molecule has 0 atom stereocenters. The Morgan fingerprint density at radius 2 is 2.20 bits per heavy atom. The smallest absolute Gasteiger partial charge is 0.289 e. The van der Waals surface area contributed by atoms with Crippen molar-refractivity contribution in [3.63, 3.8) is 0 Å². The lowest BCUT2D eigenvalue weighted by Gasteiger charge is -2.08. The third-order valence-electron chi connectivity index (χ3n) is 0.889. The third-order valence-corrected chi connectivity index (χ3v) is 0.889. The molecule has 1 aliphatic heterocycles. The minimum atomic E-state index is -4.37. The Bertz CT molecular complexity index is 181. The van der Waals surface area contributed by atoms with Crippen LogP contribution >= 0.6 is 0 Å². The topological polar surface area (TPSA) is 36.8 Å². The van der Waals surface area contributed by atoms with E-state index in [2.05, 4.69) is 15.5 Å². The molecule has 0 amide bonds. The molecule has 1 N–H and O–H groups in total. The number of hydrazone groups is 1. The van der Waals surface area contributed by atoms with Crippen molar-refractivity contribution in [1.29, 1.82) is 0 Å².